The highest BCUT2D eigenvalue weighted by atomic mass is 16.2. The van der Waals surface area contributed by atoms with Gasteiger partial charge in [0.1, 0.15) is 0 Å². The minimum absolute atomic E-state index is 0.0277. The maximum atomic E-state index is 12.8. The van der Waals surface area contributed by atoms with Gasteiger partial charge in [-0.3, -0.25) is 4.79 Å². The lowest BCUT2D eigenvalue weighted by Crippen LogP contribution is -2.47. The molecule has 0 spiro atoms. The number of rotatable bonds is 3. The van der Waals surface area contributed by atoms with Crippen molar-refractivity contribution in [3.05, 3.63) is 30.3 Å². The van der Waals surface area contributed by atoms with E-state index >= 15 is 0 Å². The van der Waals surface area contributed by atoms with Crippen LogP contribution in [0, 0.1) is 17.4 Å². The molecule has 0 aromatic heterocycles. The van der Waals surface area contributed by atoms with Crippen molar-refractivity contribution in [3.8, 4) is 6.19 Å². The Morgan fingerprint density at radius 1 is 1.25 bits per heavy atom. The molecule has 1 amide bonds. The van der Waals surface area contributed by atoms with Gasteiger partial charge in [0.15, 0.2) is 6.19 Å². The maximum absolute atomic E-state index is 12.8. The number of fused-ring (bicyclic) bond motifs is 2. The molecule has 2 bridgehead atoms. The van der Waals surface area contributed by atoms with Crippen LogP contribution in [0.3, 0.4) is 0 Å². The number of anilines is 1. The van der Waals surface area contributed by atoms with Gasteiger partial charge in [-0.05, 0) is 44.7 Å². The van der Waals surface area contributed by atoms with Crippen LogP contribution in [-0.2, 0) is 4.79 Å². The molecule has 24 heavy (non-hydrogen) atoms. The Morgan fingerprint density at radius 3 is 2.75 bits per heavy atom. The molecule has 0 saturated carbocycles. The predicted octanol–water partition coefficient (Wildman–Crippen LogP) is 2.10. The molecular weight excluding hydrogens is 300 g/mol. The number of carbonyl (C=O) groups excluding carboxylic acids is 1. The van der Waals surface area contributed by atoms with E-state index in [1.54, 1.807) is 0 Å². The lowest BCUT2D eigenvalue weighted by molar-refractivity contribution is -0.125. The van der Waals surface area contributed by atoms with Crippen molar-refractivity contribution < 1.29 is 4.79 Å². The number of nitriles is 1. The van der Waals surface area contributed by atoms with E-state index in [2.05, 4.69) is 35.5 Å². The second-order valence-electron chi connectivity index (χ2n) is 7.32. The first-order chi connectivity index (χ1) is 11.7. The van der Waals surface area contributed by atoms with Crippen molar-refractivity contribution in [2.75, 3.05) is 11.4 Å². The Kier molecular flexibility index (Phi) is 3.84. The Balaban J connectivity index is 1.40. The zero-order chi connectivity index (χ0) is 16.7. The van der Waals surface area contributed by atoms with E-state index in [0.717, 1.165) is 32.2 Å². The van der Waals surface area contributed by atoms with Gasteiger partial charge in [-0.25, -0.2) is 0 Å². The number of hydrogen-bond acceptors (Lipinski definition) is 4. The van der Waals surface area contributed by atoms with Crippen LogP contribution in [0.25, 0.3) is 0 Å². The van der Waals surface area contributed by atoms with Crippen LogP contribution in [0.4, 0.5) is 5.69 Å². The van der Waals surface area contributed by atoms with Gasteiger partial charge >= 0.3 is 0 Å². The Morgan fingerprint density at radius 2 is 2.04 bits per heavy atom. The normalized spacial score (nSPS) is 34.4. The lowest BCUT2D eigenvalue weighted by atomic mass is 9.93. The number of para-hydroxylation sites is 1. The minimum atomic E-state index is 0.0277. The standard InChI is InChI=1S/C19H24N4O/c1-13-16(9-10-22(13)14-5-3-2-4-6-14)19(24)21-17-11-15-7-8-18(17)23(15)12-20/h2-6,13,15-18H,7-11H2,1H3,(H,21,24)/t13-,15-,16-,17+,18+/m0/s1. The highest BCUT2D eigenvalue weighted by molar-refractivity contribution is 5.81. The fraction of sp³-hybridized carbons (Fsp3) is 0.579. The monoisotopic (exact) mass is 324 g/mol. The van der Waals surface area contributed by atoms with Gasteiger partial charge in [-0.2, -0.15) is 5.26 Å². The molecule has 3 heterocycles. The Labute approximate surface area is 143 Å². The molecular formula is C19H24N4O. The number of carbonyl (C=O) groups is 1. The van der Waals surface area contributed by atoms with E-state index in [-0.39, 0.29) is 30.0 Å². The summed E-state index contributed by atoms with van der Waals surface area (Å²) in [5.41, 5.74) is 1.19. The first kappa shape index (κ1) is 15.3. The first-order valence-electron chi connectivity index (χ1n) is 8.99. The van der Waals surface area contributed by atoms with Crippen molar-refractivity contribution in [3.63, 3.8) is 0 Å². The molecule has 3 fully saturated rings. The molecule has 5 heteroatoms. The van der Waals surface area contributed by atoms with Gasteiger partial charge in [0.05, 0.1) is 18.0 Å². The molecule has 126 valence electrons. The van der Waals surface area contributed by atoms with Crippen molar-refractivity contribution in [2.45, 2.75) is 56.8 Å². The molecule has 0 radical (unpaired) electrons. The molecule has 1 aromatic rings. The Bertz CT molecular complexity index is 655. The van der Waals surface area contributed by atoms with Gasteiger partial charge < -0.3 is 15.1 Å². The summed E-state index contributed by atoms with van der Waals surface area (Å²) < 4.78 is 0. The van der Waals surface area contributed by atoms with E-state index in [1.165, 1.54) is 5.69 Å². The van der Waals surface area contributed by atoms with Crippen molar-refractivity contribution in [2.24, 2.45) is 5.92 Å². The molecule has 5 nitrogen and oxygen atoms in total. The smallest absolute Gasteiger partial charge is 0.225 e. The van der Waals surface area contributed by atoms with Crippen LogP contribution in [0.2, 0.25) is 0 Å². The number of nitrogens with one attached hydrogen (secondary N) is 1. The molecule has 0 unspecified atom stereocenters. The highest BCUT2D eigenvalue weighted by Crippen LogP contribution is 2.37. The quantitative estimate of drug-likeness (QED) is 0.865. The topological polar surface area (TPSA) is 59.4 Å². The molecule has 3 saturated heterocycles. The van der Waals surface area contributed by atoms with Crippen LogP contribution in [0.15, 0.2) is 30.3 Å². The summed E-state index contributed by atoms with van der Waals surface area (Å²) in [7, 11) is 0. The summed E-state index contributed by atoms with van der Waals surface area (Å²) in [6.45, 7) is 3.07. The average molecular weight is 324 g/mol. The van der Waals surface area contributed by atoms with E-state index < -0.39 is 0 Å². The van der Waals surface area contributed by atoms with E-state index in [0.29, 0.717) is 6.04 Å². The molecule has 1 N–H and O–H groups in total. The van der Waals surface area contributed by atoms with Crippen molar-refractivity contribution in [1.82, 2.24) is 10.2 Å². The third kappa shape index (κ3) is 2.41. The SMILES string of the molecule is C[C@H]1[C@@H](C(=O)N[C@@H]2C[C@@H]3CC[C@H]2N3C#N)CCN1c1ccccc1. The number of benzene rings is 1. The predicted molar refractivity (Wildman–Crippen MR) is 92.2 cm³/mol. The summed E-state index contributed by atoms with van der Waals surface area (Å²) in [6.07, 6.45) is 6.24. The number of amides is 1. The van der Waals surface area contributed by atoms with Crippen molar-refractivity contribution in [1.29, 1.82) is 5.26 Å². The molecule has 0 aliphatic carbocycles. The van der Waals surface area contributed by atoms with Gasteiger partial charge in [-0.1, -0.05) is 18.2 Å². The summed E-state index contributed by atoms with van der Waals surface area (Å²) in [5, 5.41) is 12.5. The van der Waals surface area contributed by atoms with Crippen LogP contribution in [0.5, 0.6) is 0 Å². The zero-order valence-electron chi connectivity index (χ0n) is 14.1. The van der Waals surface area contributed by atoms with Gasteiger partial charge in [0, 0.05) is 24.3 Å². The summed E-state index contributed by atoms with van der Waals surface area (Å²) >= 11 is 0. The van der Waals surface area contributed by atoms with Gasteiger partial charge in [0.25, 0.3) is 0 Å². The van der Waals surface area contributed by atoms with Gasteiger partial charge in [-0.15, -0.1) is 0 Å². The summed E-state index contributed by atoms with van der Waals surface area (Å²) in [4.78, 5) is 17.0. The first-order valence-corrected chi connectivity index (χ1v) is 8.99. The molecule has 4 rings (SSSR count). The van der Waals surface area contributed by atoms with Crippen molar-refractivity contribution >= 4 is 11.6 Å². The highest BCUT2D eigenvalue weighted by Gasteiger charge is 2.47. The second-order valence-corrected chi connectivity index (χ2v) is 7.32. The third-order valence-corrected chi connectivity index (χ3v) is 6.16. The molecule has 5 atom stereocenters. The maximum Gasteiger partial charge on any atom is 0.225 e. The fourth-order valence-electron chi connectivity index (χ4n) is 4.86. The van der Waals surface area contributed by atoms with Gasteiger partial charge in [0.2, 0.25) is 5.91 Å². The van der Waals surface area contributed by atoms with Crippen LogP contribution in [0.1, 0.15) is 32.6 Å². The van der Waals surface area contributed by atoms with E-state index in [4.69, 9.17) is 0 Å². The van der Waals surface area contributed by atoms with Crippen LogP contribution in [-0.4, -0.2) is 41.5 Å². The number of nitrogens with zero attached hydrogens (tertiary/aromatic N) is 3. The molecule has 3 aliphatic heterocycles. The zero-order valence-corrected chi connectivity index (χ0v) is 14.1. The number of hydrogen-bond donors (Lipinski definition) is 1. The second kappa shape index (κ2) is 6.01. The summed E-state index contributed by atoms with van der Waals surface area (Å²) in [5.74, 6) is 0.191. The largest absolute Gasteiger partial charge is 0.368 e. The van der Waals surface area contributed by atoms with Crippen LogP contribution >= 0.6 is 0 Å². The Hall–Kier alpha value is -2.22. The van der Waals surface area contributed by atoms with Crippen LogP contribution < -0.4 is 10.2 Å². The summed E-state index contributed by atoms with van der Waals surface area (Å²) in [6, 6.07) is 11.2. The lowest BCUT2D eigenvalue weighted by Gasteiger charge is -2.28. The molecule has 3 aliphatic rings. The van der Waals surface area contributed by atoms with E-state index in [9.17, 15) is 10.1 Å². The fourth-order valence-corrected chi connectivity index (χ4v) is 4.86. The third-order valence-electron chi connectivity index (χ3n) is 6.16. The average Bonchev–Trinajstić information content (AvgIpc) is 3.27. The molecule has 1 aromatic carbocycles. The van der Waals surface area contributed by atoms with E-state index in [1.807, 2.05) is 23.1 Å². The minimum Gasteiger partial charge on any atom is -0.368 e.